The van der Waals surface area contributed by atoms with Gasteiger partial charge in [0, 0.05) is 37.6 Å². The SMILES string of the molecule is CCCN(C)c1nc2sccn2c1CC(C)N. The third-order valence-electron chi connectivity index (χ3n) is 2.78. The molecule has 0 saturated carbocycles. The van der Waals surface area contributed by atoms with E-state index in [1.165, 1.54) is 5.69 Å². The molecule has 0 amide bonds. The van der Waals surface area contributed by atoms with E-state index in [0.29, 0.717) is 0 Å². The van der Waals surface area contributed by atoms with Gasteiger partial charge in [-0.15, -0.1) is 11.3 Å². The third-order valence-corrected chi connectivity index (χ3v) is 3.53. The summed E-state index contributed by atoms with van der Waals surface area (Å²) >= 11 is 1.67. The van der Waals surface area contributed by atoms with Crippen LogP contribution in [-0.4, -0.2) is 29.0 Å². The molecule has 1 atom stereocenters. The normalized spacial score (nSPS) is 13.2. The van der Waals surface area contributed by atoms with Gasteiger partial charge in [0.1, 0.15) is 0 Å². The van der Waals surface area contributed by atoms with Gasteiger partial charge < -0.3 is 10.6 Å². The molecule has 2 aromatic rings. The van der Waals surface area contributed by atoms with Gasteiger partial charge in [-0.25, -0.2) is 4.98 Å². The Morgan fingerprint density at radius 2 is 2.35 bits per heavy atom. The lowest BCUT2D eigenvalue weighted by molar-refractivity contribution is 0.712. The zero-order chi connectivity index (χ0) is 12.4. The van der Waals surface area contributed by atoms with E-state index in [1.807, 2.05) is 6.92 Å². The first kappa shape index (κ1) is 12.4. The van der Waals surface area contributed by atoms with E-state index in [2.05, 4.69) is 34.8 Å². The Morgan fingerprint density at radius 3 is 3.00 bits per heavy atom. The van der Waals surface area contributed by atoms with Gasteiger partial charge in [0.05, 0.1) is 5.69 Å². The quantitative estimate of drug-likeness (QED) is 0.886. The molecule has 2 aromatic heterocycles. The molecule has 0 fully saturated rings. The molecule has 0 bridgehead atoms. The molecule has 0 radical (unpaired) electrons. The minimum Gasteiger partial charge on any atom is -0.358 e. The van der Waals surface area contributed by atoms with E-state index in [9.17, 15) is 0 Å². The summed E-state index contributed by atoms with van der Waals surface area (Å²) < 4.78 is 2.16. The largest absolute Gasteiger partial charge is 0.358 e. The third kappa shape index (κ3) is 2.45. The van der Waals surface area contributed by atoms with Gasteiger partial charge in [-0.05, 0) is 13.3 Å². The number of anilines is 1. The van der Waals surface area contributed by atoms with Crippen LogP contribution in [0.3, 0.4) is 0 Å². The predicted octanol–water partition coefficient (Wildman–Crippen LogP) is 2.13. The van der Waals surface area contributed by atoms with Crippen molar-refractivity contribution in [2.45, 2.75) is 32.7 Å². The van der Waals surface area contributed by atoms with Gasteiger partial charge in [-0.1, -0.05) is 6.92 Å². The average molecular weight is 252 g/mol. The van der Waals surface area contributed by atoms with E-state index >= 15 is 0 Å². The van der Waals surface area contributed by atoms with Crippen molar-refractivity contribution in [3.63, 3.8) is 0 Å². The van der Waals surface area contributed by atoms with Crippen LogP contribution in [0.25, 0.3) is 4.96 Å². The molecule has 0 saturated heterocycles. The number of thiazole rings is 1. The van der Waals surface area contributed by atoms with Crippen molar-refractivity contribution in [3.8, 4) is 0 Å². The van der Waals surface area contributed by atoms with Gasteiger partial charge in [0.25, 0.3) is 0 Å². The molecule has 0 aliphatic carbocycles. The number of rotatable bonds is 5. The molecule has 17 heavy (non-hydrogen) atoms. The molecule has 0 aromatic carbocycles. The highest BCUT2D eigenvalue weighted by atomic mass is 32.1. The summed E-state index contributed by atoms with van der Waals surface area (Å²) in [5.74, 6) is 1.08. The number of fused-ring (bicyclic) bond motifs is 1. The second-order valence-electron chi connectivity index (χ2n) is 4.54. The molecule has 5 heteroatoms. The van der Waals surface area contributed by atoms with Crippen LogP contribution >= 0.6 is 11.3 Å². The maximum absolute atomic E-state index is 5.93. The lowest BCUT2D eigenvalue weighted by atomic mass is 10.2. The Balaban J connectivity index is 2.41. The molecule has 94 valence electrons. The fraction of sp³-hybridized carbons (Fsp3) is 0.583. The summed E-state index contributed by atoms with van der Waals surface area (Å²) in [6.07, 6.45) is 4.06. The van der Waals surface area contributed by atoms with Gasteiger partial charge in [0.15, 0.2) is 10.8 Å². The smallest absolute Gasteiger partial charge is 0.195 e. The number of hydrogen-bond acceptors (Lipinski definition) is 4. The molecular weight excluding hydrogens is 232 g/mol. The van der Waals surface area contributed by atoms with Gasteiger partial charge in [0.2, 0.25) is 0 Å². The van der Waals surface area contributed by atoms with Crippen molar-refractivity contribution >= 4 is 22.1 Å². The summed E-state index contributed by atoms with van der Waals surface area (Å²) in [5, 5.41) is 2.07. The number of nitrogens with two attached hydrogens (primary N) is 1. The van der Waals surface area contributed by atoms with E-state index in [1.54, 1.807) is 11.3 Å². The maximum atomic E-state index is 5.93. The number of hydrogen-bond donors (Lipinski definition) is 1. The van der Waals surface area contributed by atoms with Crippen LogP contribution in [0.5, 0.6) is 0 Å². The molecule has 4 nitrogen and oxygen atoms in total. The van der Waals surface area contributed by atoms with Crippen molar-refractivity contribution in [2.75, 3.05) is 18.5 Å². The molecule has 2 rings (SSSR count). The monoisotopic (exact) mass is 252 g/mol. The second kappa shape index (κ2) is 5.06. The maximum Gasteiger partial charge on any atom is 0.195 e. The fourth-order valence-corrected chi connectivity index (χ4v) is 2.79. The van der Waals surface area contributed by atoms with Crippen LogP contribution in [-0.2, 0) is 6.42 Å². The van der Waals surface area contributed by atoms with Crippen LogP contribution in [0, 0.1) is 0 Å². The van der Waals surface area contributed by atoms with Crippen molar-refractivity contribution in [1.82, 2.24) is 9.38 Å². The number of nitrogens with zero attached hydrogens (tertiary/aromatic N) is 3. The summed E-state index contributed by atoms with van der Waals surface area (Å²) in [5.41, 5.74) is 7.16. The molecule has 2 heterocycles. The minimum absolute atomic E-state index is 0.156. The van der Waals surface area contributed by atoms with E-state index in [-0.39, 0.29) is 6.04 Å². The van der Waals surface area contributed by atoms with Crippen molar-refractivity contribution in [1.29, 1.82) is 0 Å². The van der Waals surface area contributed by atoms with E-state index in [4.69, 9.17) is 10.7 Å². The van der Waals surface area contributed by atoms with Crippen LogP contribution in [0.2, 0.25) is 0 Å². The summed E-state index contributed by atoms with van der Waals surface area (Å²) in [4.78, 5) is 7.97. The van der Waals surface area contributed by atoms with Crippen LogP contribution < -0.4 is 10.6 Å². The highest BCUT2D eigenvalue weighted by molar-refractivity contribution is 7.15. The Labute approximate surface area is 106 Å². The summed E-state index contributed by atoms with van der Waals surface area (Å²) in [6.45, 7) is 5.24. The molecular formula is C12H20N4S. The van der Waals surface area contributed by atoms with Gasteiger partial charge in [-0.3, -0.25) is 4.40 Å². The molecule has 0 aliphatic rings. The van der Waals surface area contributed by atoms with Crippen LogP contribution in [0.1, 0.15) is 26.0 Å². The van der Waals surface area contributed by atoms with Crippen LogP contribution in [0.4, 0.5) is 5.82 Å². The topological polar surface area (TPSA) is 46.6 Å². The predicted molar refractivity (Wildman–Crippen MR) is 74.0 cm³/mol. The minimum atomic E-state index is 0.156. The van der Waals surface area contributed by atoms with Crippen molar-refractivity contribution in [2.24, 2.45) is 5.73 Å². The highest BCUT2D eigenvalue weighted by Crippen LogP contribution is 2.25. The lowest BCUT2D eigenvalue weighted by Crippen LogP contribution is -2.23. The van der Waals surface area contributed by atoms with Crippen LogP contribution in [0.15, 0.2) is 11.6 Å². The first-order valence-electron chi connectivity index (χ1n) is 6.04. The number of imidazole rings is 1. The van der Waals surface area contributed by atoms with Crippen molar-refractivity contribution < 1.29 is 0 Å². The lowest BCUT2D eigenvalue weighted by Gasteiger charge is -2.18. The Kier molecular flexibility index (Phi) is 3.69. The Hall–Kier alpha value is -1.07. The fourth-order valence-electron chi connectivity index (χ4n) is 2.06. The first-order valence-corrected chi connectivity index (χ1v) is 6.92. The molecule has 0 spiro atoms. The molecule has 1 unspecified atom stereocenters. The van der Waals surface area contributed by atoms with E-state index in [0.717, 1.165) is 30.2 Å². The molecule has 2 N–H and O–H groups in total. The highest BCUT2D eigenvalue weighted by Gasteiger charge is 2.17. The Bertz CT molecular complexity index is 486. The van der Waals surface area contributed by atoms with Crippen molar-refractivity contribution in [3.05, 3.63) is 17.3 Å². The first-order chi connectivity index (χ1) is 8.13. The zero-order valence-electron chi connectivity index (χ0n) is 10.7. The van der Waals surface area contributed by atoms with Gasteiger partial charge >= 0.3 is 0 Å². The molecule has 0 aliphatic heterocycles. The van der Waals surface area contributed by atoms with E-state index < -0.39 is 0 Å². The second-order valence-corrected chi connectivity index (χ2v) is 5.41. The van der Waals surface area contributed by atoms with Gasteiger partial charge in [-0.2, -0.15) is 0 Å². The Morgan fingerprint density at radius 1 is 1.59 bits per heavy atom. The number of aromatic nitrogens is 2. The standard InChI is InChI=1S/C12H20N4S/c1-4-5-15(3)11-10(8-9(2)13)16-6-7-17-12(16)14-11/h6-7,9H,4-5,8,13H2,1-3H3. The average Bonchev–Trinajstić information content (AvgIpc) is 2.80. The summed E-state index contributed by atoms with van der Waals surface area (Å²) in [7, 11) is 2.10. The summed E-state index contributed by atoms with van der Waals surface area (Å²) in [6, 6.07) is 0.156. The zero-order valence-corrected chi connectivity index (χ0v) is 11.5.